The van der Waals surface area contributed by atoms with Gasteiger partial charge in [-0.3, -0.25) is 4.79 Å². The largest absolute Gasteiger partial charge is 0.394 e. The van der Waals surface area contributed by atoms with Crippen LogP contribution in [0.3, 0.4) is 0 Å². The van der Waals surface area contributed by atoms with E-state index in [2.05, 4.69) is 5.32 Å². The fourth-order valence-corrected chi connectivity index (χ4v) is 6.27. The van der Waals surface area contributed by atoms with Crippen LogP contribution in [-0.2, 0) is 33.2 Å². The minimum absolute atomic E-state index is 0.0309. The molecule has 20 atom stereocenters. The van der Waals surface area contributed by atoms with Crippen molar-refractivity contribution in [2.75, 3.05) is 19.7 Å². The number of ether oxygens (including phenoxy) is 6. The predicted molar refractivity (Wildman–Crippen MR) is 159 cm³/mol. The molecule has 0 spiro atoms. The van der Waals surface area contributed by atoms with E-state index in [9.17, 15) is 45.6 Å². The summed E-state index contributed by atoms with van der Waals surface area (Å²) in [7, 11) is 0. The zero-order valence-electron chi connectivity index (χ0n) is 26.4. The number of amides is 1. The van der Waals surface area contributed by atoms with Gasteiger partial charge in [0, 0.05) is 25.6 Å². The van der Waals surface area contributed by atoms with E-state index in [1.807, 2.05) is 0 Å². The van der Waals surface area contributed by atoms with E-state index in [0.29, 0.717) is 0 Å². The molecule has 4 rings (SSSR count). The van der Waals surface area contributed by atoms with Crippen LogP contribution >= 0.6 is 0 Å². The van der Waals surface area contributed by atoms with Crippen LogP contribution in [0.5, 0.6) is 0 Å². The summed E-state index contributed by atoms with van der Waals surface area (Å²) < 4.78 is 35.1. The Labute approximate surface area is 276 Å². The molecule has 3 saturated heterocycles. The molecule has 21 heteroatoms. The van der Waals surface area contributed by atoms with Crippen LogP contribution in [0.4, 0.5) is 0 Å². The molecule has 1 unspecified atom stereocenters. The molecule has 4 aliphatic rings. The van der Waals surface area contributed by atoms with Gasteiger partial charge in [-0.25, -0.2) is 0 Å². The van der Waals surface area contributed by atoms with Gasteiger partial charge in [0.25, 0.3) is 5.91 Å². The van der Waals surface area contributed by atoms with Crippen molar-refractivity contribution in [3.05, 3.63) is 0 Å². The Balaban J connectivity index is 1.56. The van der Waals surface area contributed by atoms with Crippen LogP contribution in [0, 0.1) is 0 Å². The van der Waals surface area contributed by atoms with Gasteiger partial charge in [-0.2, -0.15) is 0 Å². The molecule has 0 bridgehead atoms. The number of nitrogens with two attached hydrogens (primary N) is 5. The zero-order chi connectivity index (χ0) is 35.6. The lowest BCUT2D eigenvalue weighted by molar-refractivity contribution is -0.295. The van der Waals surface area contributed by atoms with Gasteiger partial charge in [0.1, 0.15) is 54.9 Å². The van der Waals surface area contributed by atoms with Crippen molar-refractivity contribution in [1.82, 2.24) is 5.32 Å². The number of hydrogen-bond donors (Lipinski definition) is 14. The molecule has 0 aromatic rings. The summed E-state index contributed by atoms with van der Waals surface area (Å²) in [5.74, 6) is -1.06. The lowest BCUT2D eigenvalue weighted by atomic mass is 9.83. The highest BCUT2D eigenvalue weighted by molar-refractivity contribution is 5.81. The fraction of sp³-hybridized carbons (Fsp3) is 0.963. The van der Waals surface area contributed by atoms with Gasteiger partial charge in [-0.15, -0.1) is 0 Å². The van der Waals surface area contributed by atoms with Gasteiger partial charge in [0.05, 0.1) is 43.0 Å². The first kappa shape index (κ1) is 39.5. The molecule has 3 aliphatic heterocycles. The molecule has 1 saturated carbocycles. The van der Waals surface area contributed by atoms with Gasteiger partial charge in [0.15, 0.2) is 25.0 Å². The number of hydrogen-bond acceptors (Lipinski definition) is 20. The van der Waals surface area contributed by atoms with Crippen LogP contribution < -0.4 is 34.0 Å². The van der Waals surface area contributed by atoms with Crippen molar-refractivity contribution < 1.29 is 74.1 Å². The van der Waals surface area contributed by atoms with Crippen molar-refractivity contribution in [1.29, 1.82) is 0 Å². The number of carbonyl (C=O) groups is 1. The molecule has 21 nitrogen and oxygen atoms in total. The summed E-state index contributed by atoms with van der Waals surface area (Å²) in [5.41, 5.74) is 29.7. The van der Waals surface area contributed by atoms with E-state index in [0.717, 1.165) is 0 Å². The SMILES string of the molecule is C[C@@H]1O[C@H](OC2[C@@H](O)[C@H](O[C@@H]3[C@@H](O)[C@H](NC(=O)[C@@H](O)[C@H](O)CN)C[C@H](N)[C@H]3O[C@H]3O[C@H](CN)C[C@@H](O)[C@H]3N)O[C@@H]2CO)[C@H](N)[C@@H](O)[C@@H]1O. The van der Waals surface area contributed by atoms with E-state index in [4.69, 9.17) is 57.1 Å². The van der Waals surface area contributed by atoms with Crippen molar-refractivity contribution in [2.24, 2.45) is 28.7 Å². The lowest BCUT2D eigenvalue weighted by Gasteiger charge is -2.47. The summed E-state index contributed by atoms with van der Waals surface area (Å²) in [4.78, 5) is 12.7. The maximum absolute atomic E-state index is 12.7. The smallest absolute Gasteiger partial charge is 0.251 e. The monoisotopic (exact) mass is 700 g/mol. The minimum Gasteiger partial charge on any atom is -0.394 e. The van der Waals surface area contributed by atoms with Gasteiger partial charge >= 0.3 is 0 Å². The topological polar surface area (TPSA) is 376 Å². The van der Waals surface area contributed by atoms with Gasteiger partial charge in [0.2, 0.25) is 0 Å². The summed E-state index contributed by atoms with van der Waals surface area (Å²) >= 11 is 0. The van der Waals surface area contributed by atoms with E-state index in [1.54, 1.807) is 0 Å². The van der Waals surface area contributed by atoms with Crippen LogP contribution in [0.25, 0.3) is 0 Å². The Hall–Kier alpha value is -1.29. The number of carbonyl (C=O) groups excluding carboxylic acids is 1. The highest BCUT2D eigenvalue weighted by Crippen LogP contribution is 2.34. The second-order valence-corrected chi connectivity index (χ2v) is 12.8. The third-order valence-corrected chi connectivity index (χ3v) is 9.31. The van der Waals surface area contributed by atoms with Crippen molar-refractivity contribution in [2.45, 2.75) is 142 Å². The number of aliphatic hydroxyl groups excluding tert-OH is 8. The van der Waals surface area contributed by atoms with Crippen molar-refractivity contribution in [3.8, 4) is 0 Å². The molecule has 280 valence electrons. The van der Waals surface area contributed by atoms with E-state index in [1.165, 1.54) is 6.92 Å². The van der Waals surface area contributed by atoms with Crippen LogP contribution in [0.1, 0.15) is 19.8 Å². The Morgan fingerprint density at radius 3 is 2.06 bits per heavy atom. The third-order valence-electron chi connectivity index (χ3n) is 9.31. The first-order chi connectivity index (χ1) is 22.6. The summed E-state index contributed by atoms with van der Waals surface area (Å²) in [6, 6.07) is -4.57. The highest BCUT2D eigenvalue weighted by atomic mass is 16.8. The third kappa shape index (κ3) is 8.42. The molecule has 0 aromatic carbocycles. The van der Waals surface area contributed by atoms with Crippen molar-refractivity contribution in [3.63, 3.8) is 0 Å². The van der Waals surface area contributed by atoms with Gasteiger partial charge < -0.3 is 103 Å². The highest BCUT2D eigenvalue weighted by Gasteiger charge is 2.54. The quantitative estimate of drug-likeness (QED) is 0.0898. The van der Waals surface area contributed by atoms with E-state index in [-0.39, 0.29) is 19.4 Å². The van der Waals surface area contributed by atoms with Crippen molar-refractivity contribution >= 4 is 5.91 Å². The molecule has 0 aromatic heterocycles. The Morgan fingerprint density at radius 2 is 1.44 bits per heavy atom. The molecule has 4 fully saturated rings. The molecule has 1 amide bonds. The molecule has 19 N–H and O–H groups in total. The summed E-state index contributed by atoms with van der Waals surface area (Å²) in [6.07, 6.45) is -22.0. The van der Waals surface area contributed by atoms with Gasteiger partial charge in [-0.05, 0) is 13.3 Å². The standard InChI is InChI=1S/C27H52N6O15/c1-7-16(37)19(40)15(32)26(43-7)47-22-13(6-34)45-27(20(22)41)48-23-17(38)10(33-24(42)18(39)12(36)5-29)3-9(30)21(23)46-25-14(31)11(35)2-8(4-28)44-25/h7-23,25-27,34-41H,2-6,28-32H2,1H3,(H,33,42)/t7-,8-,9-,10+,11+,12+,13+,14+,15+,16+,17-,18-,19+,20+,21+,22?,23+,25+,26+,27-/m0/s1. The van der Waals surface area contributed by atoms with Crippen LogP contribution in [0.2, 0.25) is 0 Å². The van der Waals surface area contributed by atoms with Crippen LogP contribution in [-0.4, -0.2) is 189 Å². The molecule has 3 heterocycles. The molecular weight excluding hydrogens is 648 g/mol. The predicted octanol–water partition coefficient (Wildman–Crippen LogP) is -8.97. The second kappa shape index (κ2) is 16.8. The average Bonchev–Trinajstić information content (AvgIpc) is 3.36. The van der Waals surface area contributed by atoms with E-state index >= 15 is 0 Å². The summed E-state index contributed by atoms with van der Waals surface area (Å²) in [6.45, 7) is 0.382. The van der Waals surface area contributed by atoms with Gasteiger partial charge in [-0.1, -0.05) is 0 Å². The maximum Gasteiger partial charge on any atom is 0.251 e. The second-order valence-electron chi connectivity index (χ2n) is 12.8. The Morgan fingerprint density at radius 1 is 0.812 bits per heavy atom. The molecule has 1 aliphatic carbocycles. The average molecular weight is 701 g/mol. The first-order valence-electron chi connectivity index (χ1n) is 15.9. The molecule has 48 heavy (non-hydrogen) atoms. The van der Waals surface area contributed by atoms with Crippen LogP contribution in [0.15, 0.2) is 0 Å². The normalized spacial score (nSPS) is 48.2. The Kier molecular flexibility index (Phi) is 13.8. The first-order valence-corrected chi connectivity index (χ1v) is 15.9. The number of aliphatic hydroxyl groups is 8. The number of rotatable bonds is 12. The minimum atomic E-state index is -1.94. The van der Waals surface area contributed by atoms with E-state index < -0.39 is 141 Å². The molecule has 0 radical (unpaired) electrons. The lowest BCUT2D eigenvalue weighted by Crippen LogP contribution is -2.68. The fourth-order valence-electron chi connectivity index (χ4n) is 6.27. The number of nitrogens with one attached hydrogen (secondary N) is 1. The summed E-state index contributed by atoms with van der Waals surface area (Å²) in [5, 5.41) is 86.1. The maximum atomic E-state index is 12.7. The zero-order valence-corrected chi connectivity index (χ0v) is 26.4. The molecular formula is C27H52N6O15. The Bertz CT molecular complexity index is 1040.